The van der Waals surface area contributed by atoms with Crippen LogP contribution in [0.25, 0.3) is 0 Å². The Morgan fingerprint density at radius 2 is 2.13 bits per heavy atom. The van der Waals surface area contributed by atoms with Crippen molar-refractivity contribution in [3.05, 3.63) is 16.3 Å². The van der Waals surface area contributed by atoms with E-state index < -0.39 is 0 Å². The normalized spacial score (nSPS) is 25.0. The van der Waals surface area contributed by atoms with Gasteiger partial charge in [-0.25, -0.2) is 0 Å². The Hall–Kier alpha value is -1.40. The van der Waals surface area contributed by atoms with Gasteiger partial charge in [-0.3, -0.25) is 9.59 Å². The zero-order valence-electron chi connectivity index (χ0n) is 14.1. The highest BCUT2D eigenvalue weighted by Crippen LogP contribution is 2.31. The molecule has 5 nitrogen and oxygen atoms in total. The molecule has 0 aromatic carbocycles. The fourth-order valence-corrected chi connectivity index (χ4v) is 4.59. The maximum absolute atomic E-state index is 12.7. The van der Waals surface area contributed by atoms with Crippen LogP contribution >= 0.6 is 11.3 Å². The molecule has 1 aromatic heterocycles. The second-order valence-corrected chi connectivity index (χ2v) is 7.87. The van der Waals surface area contributed by atoms with Crippen molar-refractivity contribution in [3.63, 3.8) is 0 Å². The standard InChI is InChI=1S/C17H25N3O2S/c1-12-9-19(10-14(12)18(2)3)17(22)11-20-13-7-8-23-15(13)5-4-6-16(20)21/h7-8,12,14H,4-6,9-11H2,1-3H3/t12-,14+/m1/s1. The van der Waals surface area contributed by atoms with Gasteiger partial charge in [-0.2, -0.15) is 0 Å². The van der Waals surface area contributed by atoms with Crippen molar-refractivity contribution in [2.45, 2.75) is 32.2 Å². The second kappa shape index (κ2) is 6.61. The first-order valence-corrected chi connectivity index (χ1v) is 9.16. The molecule has 23 heavy (non-hydrogen) atoms. The van der Waals surface area contributed by atoms with E-state index >= 15 is 0 Å². The molecular formula is C17H25N3O2S. The molecule has 0 bridgehead atoms. The van der Waals surface area contributed by atoms with Gasteiger partial charge >= 0.3 is 0 Å². The van der Waals surface area contributed by atoms with Crippen molar-refractivity contribution in [2.75, 3.05) is 38.6 Å². The highest BCUT2D eigenvalue weighted by molar-refractivity contribution is 7.10. The van der Waals surface area contributed by atoms with Gasteiger partial charge in [0, 0.05) is 30.4 Å². The predicted molar refractivity (Wildman–Crippen MR) is 92.8 cm³/mol. The lowest BCUT2D eigenvalue weighted by atomic mass is 10.1. The van der Waals surface area contributed by atoms with E-state index in [1.165, 1.54) is 4.88 Å². The average Bonchev–Trinajstić information content (AvgIpc) is 3.08. The zero-order chi connectivity index (χ0) is 16.6. The molecule has 1 aromatic rings. The molecule has 126 valence electrons. The Kier molecular flexibility index (Phi) is 4.73. The third-order valence-corrected chi connectivity index (χ3v) is 5.96. The number of nitrogens with zero attached hydrogens (tertiary/aromatic N) is 3. The number of likely N-dealkylation sites (tertiary alicyclic amines) is 1. The maximum atomic E-state index is 12.7. The SMILES string of the molecule is C[C@@H]1CN(C(=O)CN2C(=O)CCCc3sccc32)C[C@@H]1N(C)C. The van der Waals surface area contributed by atoms with E-state index in [-0.39, 0.29) is 18.4 Å². The van der Waals surface area contributed by atoms with Crippen LogP contribution in [0.15, 0.2) is 11.4 Å². The number of rotatable bonds is 3. The highest BCUT2D eigenvalue weighted by Gasteiger charge is 2.35. The molecule has 1 saturated heterocycles. The van der Waals surface area contributed by atoms with Gasteiger partial charge < -0.3 is 14.7 Å². The van der Waals surface area contributed by atoms with E-state index in [0.717, 1.165) is 31.6 Å². The van der Waals surface area contributed by atoms with Crippen molar-refractivity contribution < 1.29 is 9.59 Å². The summed E-state index contributed by atoms with van der Waals surface area (Å²) in [5.41, 5.74) is 0.947. The van der Waals surface area contributed by atoms with Crippen LogP contribution in [0.1, 0.15) is 24.6 Å². The number of amides is 2. The number of aryl methyl sites for hydroxylation is 1. The Labute approximate surface area is 141 Å². The smallest absolute Gasteiger partial charge is 0.242 e. The van der Waals surface area contributed by atoms with Crippen LogP contribution < -0.4 is 4.90 Å². The van der Waals surface area contributed by atoms with Crippen molar-refractivity contribution in [3.8, 4) is 0 Å². The summed E-state index contributed by atoms with van der Waals surface area (Å²) in [4.78, 5) is 32.2. The molecular weight excluding hydrogens is 310 g/mol. The number of carbonyl (C=O) groups excluding carboxylic acids is 2. The molecule has 6 heteroatoms. The van der Waals surface area contributed by atoms with Crippen LogP contribution in [-0.2, 0) is 16.0 Å². The minimum atomic E-state index is 0.0635. The molecule has 0 N–H and O–H groups in total. The quantitative estimate of drug-likeness (QED) is 0.846. The molecule has 0 aliphatic carbocycles. The van der Waals surface area contributed by atoms with Gasteiger partial charge in [-0.05, 0) is 44.3 Å². The van der Waals surface area contributed by atoms with Crippen LogP contribution in [0.4, 0.5) is 5.69 Å². The third-order valence-electron chi connectivity index (χ3n) is 4.99. The van der Waals surface area contributed by atoms with Gasteiger partial charge in [-0.1, -0.05) is 6.92 Å². The Morgan fingerprint density at radius 3 is 2.83 bits per heavy atom. The van der Waals surface area contributed by atoms with Gasteiger partial charge in [0.2, 0.25) is 11.8 Å². The van der Waals surface area contributed by atoms with E-state index in [1.54, 1.807) is 16.2 Å². The van der Waals surface area contributed by atoms with E-state index in [0.29, 0.717) is 18.4 Å². The molecule has 2 aliphatic heterocycles. The second-order valence-electron chi connectivity index (χ2n) is 6.87. The van der Waals surface area contributed by atoms with E-state index in [9.17, 15) is 9.59 Å². The van der Waals surface area contributed by atoms with Crippen LogP contribution in [0.2, 0.25) is 0 Å². The molecule has 0 saturated carbocycles. The number of carbonyl (C=O) groups is 2. The van der Waals surface area contributed by atoms with Gasteiger partial charge in [0.1, 0.15) is 6.54 Å². The third kappa shape index (κ3) is 3.28. The summed E-state index contributed by atoms with van der Waals surface area (Å²) in [6.45, 7) is 3.90. The topological polar surface area (TPSA) is 43.9 Å². The highest BCUT2D eigenvalue weighted by atomic mass is 32.1. The summed E-state index contributed by atoms with van der Waals surface area (Å²) in [5.74, 6) is 0.603. The minimum absolute atomic E-state index is 0.0635. The van der Waals surface area contributed by atoms with Crippen LogP contribution in [0, 0.1) is 5.92 Å². The molecule has 0 radical (unpaired) electrons. The van der Waals surface area contributed by atoms with Crippen LogP contribution in [0.5, 0.6) is 0 Å². The Morgan fingerprint density at radius 1 is 1.35 bits per heavy atom. The monoisotopic (exact) mass is 335 g/mol. The molecule has 2 aliphatic rings. The van der Waals surface area contributed by atoms with E-state index in [1.807, 2.05) is 16.3 Å². The van der Waals surface area contributed by atoms with Crippen LogP contribution in [-0.4, -0.2) is 61.4 Å². The fraction of sp³-hybridized carbons (Fsp3) is 0.647. The van der Waals surface area contributed by atoms with Gasteiger partial charge in [0.25, 0.3) is 0 Å². The Bertz CT molecular complexity index is 598. The van der Waals surface area contributed by atoms with Crippen molar-refractivity contribution in [2.24, 2.45) is 5.92 Å². The summed E-state index contributed by atoms with van der Waals surface area (Å²) in [5, 5.41) is 2.01. The number of hydrogen-bond donors (Lipinski definition) is 0. The largest absolute Gasteiger partial charge is 0.339 e. The number of likely N-dealkylation sites (N-methyl/N-ethyl adjacent to an activating group) is 1. The molecule has 3 rings (SSSR count). The fourth-order valence-electron chi connectivity index (χ4n) is 3.66. The van der Waals surface area contributed by atoms with Crippen molar-refractivity contribution >= 4 is 28.8 Å². The van der Waals surface area contributed by atoms with Crippen molar-refractivity contribution in [1.29, 1.82) is 0 Å². The average molecular weight is 335 g/mol. The Balaban J connectivity index is 1.72. The first-order chi connectivity index (χ1) is 11.0. The minimum Gasteiger partial charge on any atom is -0.339 e. The summed E-state index contributed by atoms with van der Waals surface area (Å²) in [7, 11) is 4.12. The molecule has 0 spiro atoms. The van der Waals surface area contributed by atoms with Gasteiger partial charge in [-0.15, -0.1) is 11.3 Å². The lowest BCUT2D eigenvalue weighted by Crippen LogP contribution is -2.43. The van der Waals surface area contributed by atoms with E-state index in [4.69, 9.17) is 0 Å². The van der Waals surface area contributed by atoms with E-state index in [2.05, 4.69) is 25.9 Å². The molecule has 3 heterocycles. The first kappa shape index (κ1) is 16.5. The van der Waals surface area contributed by atoms with Gasteiger partial charge in [0.15, 0.2) is 0 Å². The first-order valence-electron chi connectivity index (χ1n) is 8.28. The van der Waals surface area contributed by atoms with Crippen LogP contribution in [0.3, 0.4) is 0 Å². The predicted octanol–water partition coefficient (Wildman–Crippen LogP) is 1.83. The molecule has 0 unspecified atom stereocenters. The number of fused-ring (bicyclic) bond motifs is 1. The lowest BCUT2D eigenvalue weighted by molar-refractivity contribution is -0.130. The number of anilines is 1. The molecule has 1 fully saturated rings. The summed E-state index contributed by atoms with van der Waals surface area (Å²) >= 11 is 1.68. The lowest BCUT2D eigenvalue weighted by Gasteiger charge is -2.25. The van der Waals surface area contributed by atoms with Crippen molar-refractivity contribution in [1.82, 2.24) is 9.80 Å². The summed E-state index contributed by atoms with van der Waals surface area (Å²) < 4.78 is 0. The molecule has 2 atom stereocenters. The number of thiophene rings is 1. The molecule has 2 amide bonds. The summed E-state index contributed by atoms with van der Waals surface area (Å²) in [6, 6.07) is 2.38. The zero-order valence-corrected chi connectivity index (χ0v) is 14.9. The van der Waals surface area contributed by atoms with Gasteiger partial charge in [0.05, 0.1) is 5.69 Å². The number of hydrogen-bond acceptors (Lipinski definition) is 4. The maximum Gasteiger partial charge on any atom is 0.242 e. The summed E-state index contributed by atoms with van der Waals surface area (Å²) in [6.07, 6.45) is 2.35.